The number of aromatic nitrogens is 6. The SMILES string of the molecule is CC(C)n1cc(-c2nc3c(-c4ccc5c(c4)CCCC[C@@H]5NC(=O)c4cc(C(C)(C)C)on4)ccnc3[nH]2)cn1. The lowest BCUT2D eigenvalue weighted by molar-refractivity contribution is 0.0925. The van der Waals surface area contributed by atoms with Crippen molar-refractivity contribution in [3.8, 4) is 22.5 Å². The zero-order valence-electron chi connectivity index (χ0n) is 23.7. The van der Waals surface area contributed by atoms with Crippen LogP contribution in [-0.4, -0.2) is 35.8 Å². The predicted octanol–water partition coefficient (Wildman–Crippen LogP) is 6.55. The quantitative estimate of drug-likeness (QED) is 0.246. The average molecular weight is 538 g/mol. The number of rotatable bonds is 5. The second kappa shape index (κ2) is 10.0. The van der Waals surface area contributed by atoms with E-state index in [-0.39, 0.29) is 23.4 Å². The molecule has 1 aliphatic carbocycles. The molecule has 6 rings (SSSR count). The van der Waals surface area contributed by atoms with Crippen LogP contribution < -0.4 is 5.32 Å². The highest BCUT2D eigenvalue weighted by atomic mass is 16.5. The highest BCUT2D eigenvalue weighted by molar-refractivity contribution is 5.93. The predicted molar refractivity (Wildman–Crippen MR) is 154 cm³/mol. The van der Waals surface area contributed by atoms with Gasteiger partial charge < -0.3 is 14.8 Å². The molecule has 0 fully saturated rings. The molecule has 4 heterocycles. The topological polar surface area (TPSA) is 115 Å². The Morgan fingerprint density at radius 3 is 2.75 bits per heavy atom. The fourth-order valence-corrected chi connectivity index (χ4v) is 5.29. The zero-order valence-corrected chi connectivity index (χ0v) is 23.7. The summed E-state index contributed by atoms with van der Waals surface area (Å²) in [4.78, 5) is 25.9. The smallest absolute Gasteiger partial charge is 0.273 e. The number of amides is 1. The molecular formula is C31H35N7O2. The Kier molecular flexibility index (Phi) is 6.52. The van der Waals surface area contributed by atoms with Gasteiger partial charge in [0.2, 0.25) is 0 Å². The van der Waals surface area contributed by atoms with Crippen LogP contribution in [0.25, 0.3) is 33.7 Å². The molecular weight excluding hydrogens is 502 g/mol. The van der Waals surface area contributed by atoms with E-state index in [1.54, 1.807) is 6.07 Å². The molecule has 1 amide bonds. The number of carbonyl (C=O) groups excluding carboxylic acids is 1. The molecule has 2 N–H and O–H groups in total. The maximum absolute atomic E-state index is 13.1. The maximum atomic E-state index is 13.1. The minimum Gasteiger partial charge on any atom is -0.360 e. The summed E-state index contributed by atoms with van der Waals surface area (Å²) >= 11 is 0. The normalized spacial score (nSPS) is 15.8. The van der Waals surface area contributed by atoms with Gasteiger partial charge in [0, 0.05) is 35.5 Å². The number of pyridine rings is 1. The molecule has 0 aliphatic heterocycles. The average Bonchev–Trinajstić information content (AvgIpc) is 3.67. The van der Waals surface area contributed by atoms with Gasteiger partial charge in [0.25, 0.3) is 5.91 Å². The van der Waals surface area contributed by atoms with Crippen LogP contribution in [0.1, 0.15) is 93.3 Å². The lowest BCUT2D eigenvalue weighted by atomic mass is 9.93. The van der Waals surface area contributed by atoms with Gasteiger partial charge in [-0.05, 0) is 55.9 Å². The Morgan fingerprint density at radius 1 is 1.15 bits per heavy atom. The van der Waals surface area contributed by atoms with E-state index in [0.717, 1.165) is 64.9 Å². The van der Waals surface area contributed by atoms with E-state index in [1.807, 2.05) is 50.1 Å². The van der Waals surface area contributed by atoms with Crippen molar-refractivity contribution in [3.63, 3.8) is 0 Å². The van der Waals surface area contributed by atoms with E-state index in [1.165, 1.54) is 5.56 Å². The second-order valence-electron chi connectivity index (χ2n) is 12.0. The Hall–Kier alpha value is -4.27. The number of nitrogens with zero attached hydrogens (tertiary/aromatic N) is 5. The Labute approximate surface area is 233 Å². The van der Waals surface area contributed by atoms with Crippen LogP contribution in [0, 0.1) is 0 Å². The van der Waals surface area contributed by atoms with Crippen molar-refractivity contribution in [2.45, 2.75) is 77.8 Å². The Balaban J connectivity index is 1.30. The third-order valence-corrected chi connectivity index (χ3v) is 7.59. The number of imidazole rings is 1. The first-order chi connectivity index (χ1) is 19.2. The summed E-state index contributed by atoms with van der Waals surface area (Å²) < 4.78 is 7.37. The van der Waals surface area contributed by atoms with Gasteiger partial charge in [0.1, 0.15) is 17.1 Å². The standard InChI is InChI=1S/C31H35N7O2/c1-18(2)38-17-21(16-33-38)28-35-27-23(12-13-32-29(27)36-28)20-10-11-22-19(14-20)8-6-7-9-24(22)34-30(39)25-15-26(40-37-25)31(3,4)5/h10-18,24H,6-9H2,1-5H3,(H,34,39)(H,32,35,36)/t24-/m0/s1. The Morgan fingerprint density at radius 2 is 2.00 bits per heavy atom. The first-order valence-electron chi connectivity index (χ1n) is 14.0. The first kappa shape index (κ1) is 26.0. The van der Waals surface area contributed by atoms with E-state index >= 15 is 0 Å². The van der Waals surface area contributed by atoms with Crippen LogP contribution in [0.5, 0.6) is 0 Å². The fourth-order valence-electron chi connectivity index (χ4n) is 5.29. The number of hydrogen-bond donors (Lipinski definition) is 2. The van der Waals surface area contributed by atoms with Crippen LogP contribution >= 0.6 is 0 Å². The third kappa shape index (κ3) is 4.92. The van der Waals surface area contributed by atoms with Gasteiger partial charge in [0.15, 0.2) is 11.3 Å². The molecule has 206 valence electrons. The zero-order chi connectivity index (χ0) is 28.0. The summed E-state index contributed by atoms with van der Waals surface area (Å²) in [6.07, 6.45) is 9.59. The molecule has 0 spiro atoms. The van der Waals surface area contributed by atoms with E-state index in [2.05, 4.69) is 57.6 Å². The van der Waals surface area contributed by atoms with Gasteiger partial charge in [-0.2, -0.15) is 5.10 Å². The van der Waals surface area contributed by atoms with Crippen LogP contribution in [0.4, 0.5) is 0 Å². The molecule has 1 atom stereocenters. The minimum absolute atomic E-state index is 0.0826. The molecule has 0 radical (unpaired) electrons. The van der Waals surface area contributed by atoms with Gasteiger partial charge in [-0.3, -0.25) is 9.48 Å². The molecule has 0 saturated carbocycles. The summed E-state index contributed by atoms with van der Waals surface area (Å²) in [7, 11) is 0. The van der Waals surface area contributed by atoms with Crippen LogP contribution in [-0.2, 0) is 11.8 Å². The fraction of sp³-hybridized carbons (Fsp3) is 0.387. The van der Waals surface area contributed by atoms with E-state index in [9.17, 15) is 4.79 Å². The lowest BCUT2D eigenvalue weighted by Crippen LogP contribution is -2.29. The summed E-state index contributed by atoms with van der Waals surface area (Å²) in [5.41, 5.74) is 7.12. The number of benzene rings is 1. The lowest BCUT2D eigenvalue weighted by Gasteiger charge is -2.19. The molecule has 9 heteroatoms. The maximum Gasteiger partial charge on any atom is 0.273 e. The van der Waals surface area contributed by atoms with Crippen LogP contribution in [0.15, 0.2) is 53.4 Å². The number of aromatic amines is 1. The van der Waals surface area contributed by atoms with Gasteiger partial charge in [0.05, 0.1) is 17.8 Å². The molecule has 5 aromatic rings. The number of nitrogens with one attached hydrogen (secondary N) is 2. The van der Waals surface area contributed by atoms with Gasteiger partial charge in [-0.15, -0.1) is 0 Å². The molecule has 4 aromatic heterocycles. The first-order valence-corrected chi connectivity index (χ1v) is 14.0. The summed E-state index contributed by atoms with van der Waals surface area (Å²) in [6, 6.07) is 10.5. The number of carbonyl (C=O) groups is 1. The molecule has 9 nitrogen and oxygen atoms in total. The van der Waals surface area contributed by atoms with Crippen molar-refractivity contribution < 1.29 is 9.32 Å². The minimum atomic E-state index is -0.208. The van der Waals surface area contributed by atoms with E-state index in [4.69, 9.17) is 9.51 Å². The third-order valence-electron chi connectivity index (χ3n) is 7.59. The molecule has 40 heavy (non-hydrogen) atoms. The van der Waals surface area contributed by atoms with Crippen molar-refractivity contribution >= 4 is 17.1 Å². The van der Waals surface area contributed by atoms with Gasteiger partial charge in [-0.25, -0.2) is 9.97 Å². The van der Waals surface area contributed by atoms with Crippen LogP contribution in [0.3, 0.4) is 0 Å². The van der Waals surface area contributed by atoms with Crippen molar-refractivity contribution in [1.29, 1.82) is 0 Å². The van der Waals surface area contributed by atoms with Crippen molar-refractivity contribution in [2.24, 2.45) is 0 Å². The largest absolute Gasteiger partial charge is 0.360 e. The highest BCUT2D eigenvalue weighted by Crippen LogP contribution is 2.35. The van der Waals surface area contributed by atoms with Crippen molar-refractivity contribution in [1.82, 2.24) is 35.2 Å². The second-order valence-corrected chi connectivity index (χ2v) is 12.0. The van der Waals surface area contributed by atoms with Gasteiger partial charge >= 0.3 is 0 Å². The van der Waals surface area contributed by atoms with Crippen molar-refractivity contribution in [2.75, 3.05) is 0 Å². The summed E-state index contributed by atoms with van der Waals surface area (Å²) in [5.74, 6) is 1.24. The van der Waals surface area contributed by atoms with E-state index in [0.29, 0.717) is 11.5 Å². The number of aryl methyl sites for hydroxylation is 1. The molecule has 0 unspecified atom stereocenters. The molecule has 0 bridgehead atoms. The van der Waals surface area contributed by atoms with Crippen LogP contribution in [0.2, 0.25) is 0 Å². The summed E-state index contributed by atoms with van der Waals surface area (Å²) in [6.45, 7) is 10.3. The number of fused-ring (bicyclic) bond motifs is 2. The monoisotopic (exact) mass is 537 g/mol. The molecule has 0 saturated heterocycles. The van der Waals surface area contributed by atoms with Gasteiger partial charge in [-0.1, -0.05) is 50.5 Å². The molecule has 1 aromatic carbocycles. The number of H-pyrrole nitrogens is 1. The van der Waals surface area contributed by atoms with Crippen molar-refractivity contribution in [3.05, 3.63) is 71.5 Å². The molecule has 1 aliphatic rings. The summed E-state index contributed by atoms with van der Waals surface area (Å²) in [5, 5.41) is 11.7. The van der Waals surface area contributed by atoms with E-state index < -0.39 is 0 Å². The number of hydrogen-bond acceptors (Lipinski definition) is 6. The highest BCUT2D eigenvalue weighted by Gasteiger charge is 2.26. The Bertz CT molecular complexity index is 1690.